The fourth-order valence-electron chi connectivity index (χ4n) is 4.88. The molecule has 0 aliphatic carbocycles. The average Bonchev–Trinajstić information content (AvgIpc) is 2.96. The monoisotopic (exact) mass is 445 g/mol. The summed E-state index contributed by atoms with van der Waals surface area (Å²) in [6.45, 7) is 14.0. The molecule has 3 rings (SSSR count). The maximum Gasteiger partial charge on any atom is 0.236 e. The number of aryl methyl sites for hydroxylation is 2. The van der Waals surface area contributed by atoms with Gasteiger partial charge in [0.05, 0.1) is 18.8 Å². The van der Waals surface area contributed by atoms with E-state index in [1.54, 1.807) is 0 Å². The number of likely N-dealkylation sites (tertiary alicyclic amines) is 1. The fraction of sp³-hybridized carbons (Fsp3) is 0.792. The number of piperazine rings is 1. The second kappa shape index (κ2) is 12.2. The Morgan fingerprint density at radius 1 is 0.938 bits per heavy atom. The summed E-state index contributed by atoms with van der Waals surface area (Å²) in [6, 6.07) is 0. The molecule has 0 unspecified atom stereocenters. The van der Waals surface area contributed by atoms with Gasteiger partial charge in [-0.15, -0.1) is 0 Å². The molecular weight excluding hydrogens is 402 g/mol. The van der Waals surface area contributed by atoms with Crippen molar-refractivity contribution in [2.24, 2.45) is 12.0 Å². The number of guanidine groups is 1. The van der Waals surface area contributed by atoms with Gasteiger partial charge in [-0.1, -0.05) is 26.7 Å². The zero-order valence-corrected chi connectivity index (χ0v) is 20.7. The smallest absolute Gasteiger partial charge is 0.236 e. The van der Waals surface area contributed by atoms with Crippen molar-refractivity contribution in [3.05, 3.63) is 17.0 Å². The molecule has 2 saturated heterocycles. The van der Waals surface area contributed by atoms with Crippen LogP contribution in [0.4, 0.5) is 0 Å². The maximum atomic E-state index is 12.7. The number of amides is 1. The molecule has 32 heavy (non-hydrogen) atoms. The van der Waals surface area contributed by atoms with Crippen LogP contribution >= 0.6 is 0 Å². The summed E-state index contributed by atoms with van der Waals surface area (Å²) in [5.74, 6) is 1.27. The third-order valence-electron chi connectivity index (χ3n) is 6.74. The maximum absolute atomic E-state index is 12.7. The Hall–Kier alpha value is -2.09. The minimum absolute atomic E-state index is 0.302. The van der Waals surface area contributed by atoms with Crippen molar-refractivity contribution in [2.45, 2.75) is 65.8 Å². The van der Waals surface area contributed by atoms with Crippen LogP contribution in [0.2, 0.25) is 0 Å². The molecule has 0 aromatic carbocycles. The number of hydrogen-bond acceptors (Lipinski definition) is 4. The molecule has 0 bridgehead atoms. The lowest BCUT2D eigenvalue weighted by Gasteiger charge is -2.37. The van der Waals surface area contributed by atoms with E-state index in [4.69, 9.17) is 4.99 Å². The molecule has 3 heterocycles. The third-order valence-corrected chi connectivity index (χ3v) is 6.74. The number of aromatic nitrogens is 2. The van der Waals surface area contributed by atoms with E-state index < -0.39 is 0 Å². The van der Waals surface area contributed by atoms with E-state index in [0.717, 1.165) is 83.2 Å². The quantitative estimate of drug-likeness (QED) is 0.514. The van der Waals surface area contributed by atoms with Gasteiger partial charge in [-0.2, -0.15) is 5.10 Å². The van der Waals surface area contributed by atoms with E-state index in [-0.39, 0.29) is 0 Å². The molecule has 8 nitrogen and oxygen atoms in total. The first-order valence-corrected chi connectivity index (χ1v) is 12.6. The first kappa shape index (κ1) is 24.6. The van der Waals surface area contributed by atoms with Crippen LogP contribution in [0.25, 0.3) is 0 Å². The molecule has 0 saturated carbocycles. The lowest BCUT2D eigenvalue weighted by Crippen LogP contribution is -2.54. The topological polar surface area (TPSA) is 69.0 Å². The molecule has 2 aliphatic heterocycles. The van der Waals surface area contributed by atoms with Gasteiger partial charge in [0.1, 0.15) is 0 Å². The van der Waals surface area contributed by atoms with Crippen LogP contribution in [0.3, 0.4) is 0 Å². The van der Waals surface area contributed by atoms with E-state index in [1.807, 2.05) is 11.7 Å². The van der Waals surface area contributed by atoms with E-state index >= 15 is 0 Å². The summed E-state index contributed by atoms with van der Waals surface area (Å²) in [7, 11) is 2.03. The second-order valence-electron chi connectivity index (χ2n) is 8.93. The molecule has 1 aromatic heterocycles. The standard InChI is InChI=1S/C24H43N7O/c1-5-21-20(22(6-2)28(4)27-21)18-26-24(25-7-3)31-16-14-29(15-17-31)19-23(32)30-12-10-8-9-11-13-30/h5-19H2,1-4H3,(H,25,26). The van der Waals surface area contributed by atoms with Crippen LogP contribution in [-0.4, -0.2) is 88.7 Å². The predicted octanol–water partition coefficient (Wildman–Crippen LogP) is 2.03. The molecule has 0 radical (unpaired) electrons. The number of nitrogens with one attached hydrogen (secondary N) is 1. The van der Waals surface area contributed by atoms with Crippen molar-refractivity contribution in [3.63, 3.8) is 0 Å². The number of carbonyl (C=O) groups is 1. The largest absolute Gasteiger partial charge is 0.357 e. The summed E-state index contributed by atoms with van der Waals surface area (Å²) in [6.07, 6.45) is 6.71. The van der Waals surface area contributed by atoms with Crippen molar-refractivity contribution in [1.29, 1.82) is 0 Å². The summed E-state index contributed by atoms with van der Waals surface area (Å²) < 4.78 is 2.01. The van der Waals surface area contributed by atoms with Gasteiger partial charge in [-0.3, -0.25) is 14.4 Å². The number of nitrogens with zero attached hydrogens (tertiary/aromatic N) is 6. The predicted molar refractivity (Wildman–Crippen MR) is 130 cm³/mol. The highest BCUT2D eigenvalue weighted by molar-refractivity contribution is 5.80. The molecule has 180 valence electrons. The molecule has 1 amide bonds. The lowest BCUT2D eigenvalue weighted by molar-refractivity contribution is -0.132. The zero-order chi connectivity index (χ0) is 22.9. The van der Waals surface area contributed by atoms with Crippen molar-refractivity contribution >= 4 is 11.9 Å². The Morgan fingerprint density at radius 3 is 2.22 bits per heavy atom. The van der Waals surface area contributed by atoms with Gasteiger partial charge < -0.3 is 15.1 Å². The van der Waals surface area contributed by atoms with Gasteiger partial charge in [0, 0.05) is 64.1 Å². The van der Waals surface area contributed by atoms with Crippen LogP contribution < -0.4 is 5.32 Å². The SMILES string of the molecule is CCNC(=NCc1c(CC)nn(C)c1CC)N1CCN(CC(=O)N2CCCCCC2)CC1. The molecule has 1 N–H and O–H groups in total. The Labute approximate surface area is 194 Å². The molecule has 2 fully saturated rings. The highest BCUT2D eigenvalue weighted by atomic mass is 16.2. The van der Waals surface area contributed by atoms with Gasteiger partial charge in [0.25, 0.3) is 0 Å². The summed E-state index contributed by atoms with van der Waals surface area (Å²) in [4.78, 5) is 24.5. The van der Waals surface area contributed by atoms with Gasteiger partial charge in [0.2, 0.25) is 5.91 Å². The van der Waals surface area contributed by atoms with Crippen LogP contribution in [-0.2, 0) is 31.2 Å². The van der Waals surface area contributed by atoms with E-state index in [9.17, 15) is 4.79 Å². The zero-order valence-electron chi connectivity index (χ0n) is 20.7. The van der Waals surface area contributed by atoms with Crippen LogP contribution in [0, 0.1) is 0 Å². The molecule has 8 heteroatoms. The minimum atomic E-state index is 0.302. The normalized spacial score (nSPS) is 18.7. The Morgan fingerprint density at radius 2 is 1.62 bits per heavy atom. The summed E-state index contributed by atoms with van der Waals surface area (Å²) in [5, 5.41) is 8.16. The van der Waals surface area contributed by atoms with Crippen molar-refractivity contribution < 1.29 is 4.79 Å². The summed E-state index contributed by atoms with van der Waals surface area (Å²) >= 11 is 0. The molecular formula is C24H43N7O. The molecule has 0 atom stereocenters. The summed E-state index contributed by atoms with van der Waals surface area (Å²) in [5.41, 5.74) is 3.70. The molecule has 0 spiro atoms. The van der Waals surface area contributed by atoms with Gasteiger partial charge >= 0.3 is 0 Å². The van der Waals surface area contributed by atoms with Crippen LogP contribution in [0.1, 0.15) is 63.4 Å². The minimum Gasteiger partial charge on any atom is -0.357 e. The Balaban J connectivity index is 1.57. The highest BCUT2D eigenvalue weighted by Gasteiger charge is 2.24. The number of carbonyl (C=O) groups excluding carboxylic acids is 1. The average molecular weight is 446 g/mol. The van der Waals surface area contributed by atoms with Gasteiger partial charge in [-0.25, -0.2) is 4.99 Å². The van der Waals surface area contributed by atoms with Gasteiger partial charge in [0.15, 0.2) is 5.96 Å². The van der Waals surface area contributed by atoms with Crippen LogP contribution in [0.5, 0.6) is 0 Å². The molecule has 1 aromatic rings. The van der Waals surface area contributed by atoms with Crippen molar-refractivity contribution in [2.75, 3.05) is 52.4 Å². The fourth-order valence-corrected chi connectivity index (χ4v) is 4.88. The highest BCUT2D eigenvalue weighted by Crippen LogP contribution is 2.17. The Kier molecular flexibility index (Phi) is 9.38. The first-order chi connectivity index (χ1) is 15.6. The van der Waals surface area contributed by atoms with Crippen molar-refractivity contribution in [1.82, 2.24) is 29.8 Å². The van der Waals surface area contributed by atoms with Crippen LogP contribution in [0.15, 0.2) is 4.99 Å². The molecule has 2 aliphatic rings. The second-order valence-corrected chi connectivity index (χ2v) is 8.93. The van der Waals surface area contributed by atoms with Gasteiger partial charge in [-0.05, 0) is 32.6 Å². The lowest BCUT2D eigenvalue weighted by atomic mass is 10.1. The number of rotatable bonds is 7. The number of hydrogen-bond donors (Lipinski definition) is 1. The third kappa shape index (κ3) is 6.24. The van der Waals surface area contributed by atoms with E-state index in [0.29, 0.717) is 19.0 Å². The number of aliphatic imine (C=N–C) groups is 1. The Bertz CT molecular complexity index is 757. The first-order valence-electron chi connectivity index (χ1n) is 12.6. The van der Waals surface area contributed by atoms with E-state index in [1.165, 1.54) is 24.1 Å². The van der Waals surface area contributed by atoms with E-state index in [2.05, 4.69) is 45.9 Å². The van der Waals surface area contributed by atoms with Crippen molar-refractivity contribution in [3.8, 4) is 0 Å².